The minimum atomic E-state index is -1.36. The summed E-state index contributed by atoms with van der Waals surface area (Å²) in [7, 11) is 3.21. The first-order chi connectivity index (χ1) is 17.1. The fourth-order valence-electron chi connectivity index (χ4n) is 2.60. The lowest BCUT2D eigenvalue weighted by Crippen LogP contribution is -2.37. The van der Waals surface area contributed by atoms with Gasteiger partial charge in [0, 0.05) is 31.0 Å². The van der Waals surface area contributed by atoms with E-state index in [4.69, 9.17) is 10.2 Å². The summed E-state index contributed by atoms with van der Waals surface area (Å²) in [4.78, 5) is 23.1. The van der Waals surface area contributed by atoms with Gasteiger partial charge in [-0.2, -0.15) is 0 Å². The first-order valence-corrected chi connectivity index (χ1v) is 14.9. The maximum absolute atomic E-state index is 11.8. The van der Waals surface area contributed by atoms with Crippen LogP contribution in [0.25, 0.3) is 0 Å². The molecule has 6 nitrogen and oxygen atoms in total. The van der Waals surface area contributed by atoms with Gasteiger partial charge in [0.15, 0.2) is 6.10 Å². The van der Waals surface area contributed by atoms with Crippen LogP contribution in [0.2, 0.25) is 0 Å². The second-order valence-electron chi connectivity index (χ2n) is 7.58. The van der Waals surface area contributed by atoms with Crippen molar-refractivity contribution in [1.29, 1.82) is 0 Å². The third-order valence-corrected chi connectivity index (χ3v) is 6.89. The Bertz CT molecular complexity index is 676. The second-order valence-corrected chi connectivity index (χ2v) is 10.3. The number of carbonyl (C=O) groups is 2. The van der Waals surface area contributed by atoms with Crippen molar-refractivity contribution >= 4 is 33.4 Å². The summed E-state index contributed by atoms with van der Waals surface area (Å²) in [5.41, 5.74) is 0. The highest BCUT2D eigenvalue weighted by Crippen LogP contribution is 2.19. The summed E-state index contributed by atoms with van der Waals surface area (Å²) in [5.74, 6) is 0.997. The Hall–Kier alpha value is -1.74. The molecule has 0 fully saturated rings. The van der Waals surface area contributed by atoms with E-state index >= 15 is 0 Å². The Morgan fingerprint density at radius 3 is 1.77 bits per heavy atom. The molecule has 0 rings (SSSR count). The van der Waals surface area contributed by atoms with Crippen molar-refractivity contribution in [2.24, 2.45) is 0 Å². The molecule has 0 aromatic rings. The van der Waals surface area contributed by atoms with Crippen molar-refractivity contribution in [3.8, 4) is 0 Å². The zero-order chi connectivity index (χ0) is 25.8. The fraction of sp³-hybridized carbons (Fsp3) is 0.556. The molecule has 8 heteroatoms. The highest BCUT2D eigenvalue weighted by molar-refractivity contribution is 8.76. The molecular formula is C27H44N2O4S2. The van der Waals surface area contributed by atoms with E-state index in [1.807, 2.05) is 0 Å². The van der Waals surface area contributed by atoms with E-state index in [1.165, 1.54) is 0 Å². The van der Waals surface area contributed by atoms with Crippen molar-refractivity contribution < 1.29 is 19.8 Å². The van der Waals surface area contributed by atoms with Crippen molar-refractivity contribution in [3.63, 3.8) is 0 Å². The molecule has 0 saturated heterocycles. The molecule has 0 aromatic heterocycles. The van der Waals surface area contributed by atoms with Gasteiger partial charge in [0.25, 0.3) is 5.91 Å². The number of carbonyl (C=O) groups excluding carboxylic acids is 2. The van der Waals surface area contributed by atoms with Crippen LogP contribution in [0.5, 0.6) is 0 Å². The quantitative estimate of drug-likeness (QED) is 0.0916. The van der Waals surface area contributed by atoms with Crippen LogP contribution in [-0.2, 0) is 9.59 Å². The molecule has 198 valence electrons. The Morgan fingerprint density at radius 1 is 0.771 bits per heavy atom. The van der Waals surface area contributed by atoms with Crippen molar-refractivity contribution in [2.45, 2.75) is 64.4 Å². The first-order valence-electron chi connectivity index (χ1n) is 12.4. The van der Waals surface area contributed by atoms with Crippen molar-refractivity contribution in [2.75, 3.05) is 31.2 Å². The average molecular weight is 525 g/mol. The molecule has 0 radical (unpaired) electrons. The SMILES string of the molecule is CC/C=C\C/C=C\C/C=C\C/C=C\C/C=C\CCCC(=O)NCCSSCCNC(=O)C(O)CO. The molecule has 0 aliphatic rings. The van der Waals surface area contributed by atoms with Gasteiger partial charge in [-0.25, -0.2) is 0 Å². The Morgan fingerprint density at radius 2 is 1.26 bits per heavy atom. The van der Waals surface area contributed by atoms with E-state index in [0.717, 1.165) is 50.7 Å². The third kappa shape index (κ3) is 25.2. The third-order valence-electron chi connectivity index (χ3n) is 4.48. The van der Waals surface area contributed by atoms with Crippen LogP contribution in [0.3, 0.4) is 0 Å². The van der Waals surface area contributed by atoms with Gasteiger partial charge in [-0.05, 0) is 44.9 Å². The van der Waals surface area contributed by atoms with Crippen LogP contribution in [0.4, 0.5) is 0 Å². The molecule has 0 spiro atoms. The standard InChI is InChI=1S/C27H44N2O4S2/c1-2-3-4-5-6-7-8-9-10-11-12-13-14-15-16-17-18-19-26(32)28-20-22-34-35-23-21-29-27(33)25(31)24-30/h3-4,6-7,9-10,12-13,15-16,25,30-31H,2,5,8,11,14,17-24H2,1H3,(H,28,32)(H,29,33)/b4-3-,7-6-,10-9-,13-12-,16-15-. The van der Waals surface area contributed by atoms with E-state index in [2.05, 4.69) is 78.3 Å². The van der Waals surface area contributed by atoms with Gasteiger partial charge in [0.05, 0.1) is 6.61 Å². The number of aliphatic hydroxyl groups is 2. The molecule has 35 heavy (non-hydrogen) atoms. The molecule has 4 N–H and O–H groups in total. The van der Waals surface area contributed by atoms with Crippen LogP contribution in [0.15, 0.2) is 60.8 Å². The Labute approximate surface area is 219 Å². The number of hydrogen-bond acceptors (Lipinski definition) is 6. The number of unbranched alkanes of at least 4 members (excludes halogenated alkanes) is 1. The largest absolute Gasteiger partial charge is 0.393 e. The predicted molar refractivity (Wildman–Crippen MR) is 152 cm³/mol. The summed E-state index contributed by atoms with van der Waals surface area (Å²) in [5, 5.41) is 23.2. The van der Waals surface area contributed by atoms with E-state index in [9.17, 15) is 9.59 Å². The Kier molecular flexibility index (Phi) is 25.5. The lowest BCUT2D eigenvalue weighted by atomic mass is 10.2. The molecule has 0 aliphatic heterocycles. The smallest absolute Gasteiger partial charge is 0.251 e. The van der Waals surface area contributed by atoms with E-state index in [-0.39, 0.29) is 5.91 Å². The van der Waals surface area contributed by atoms with Crippen LogP contribution >= 0.6 is 21.6 Å². The molecular weight excluding hydrogens is 480 g/mol. The maximum atomic E-state index is 11.8. The maximum Gasteiger partial charge on any atom is 0.251 e. The minimum Gasteiger partial charge on any atom is -0.393 e. The predicted octanol–water partition coefficient (Wildman–Crippen LogP) is 4.88. The first kappa shape index (κ1) is 33.3. The van der Waals surface area contributed by atoms with Gasteiger partial charge in [0.1, 0.15) is 0 Å². The summed E-state index contributed by atoms with van der Waals surface area (Å²) in [6.07, 6.45) is 27.7. The summed E-state index contributed by atoms with van der Waals surface area (Å²) in [6.45, 7) is 2.62. The number of amides is 2. The Balaban J connectivity index is 3.49. The normalized spacial score (nSPS) is 13.1. The van der Waals surface area contributed by atoms with E-state index in [0.29, 0.717) is 25.3 Å². The summed E-state index contributed by atoms with van der Waals surface area (Å²) < 4.78 is 0. The van der Waals surface area contributed by atoms with E-state index < -0.39 is 18.6 Å². The van der Waals surface area contributed by atoms with Crippen LogP contribution < -0.4 is 10.6 Å². The van der Waals surface area contributed by atoms with Gasteiger partial charge in [-0.3, -0.25) is 9.59 Å². The van der Waals surface area contributed by atoms with Gasteiger partial charge in [-0.1, -0.05) is 89.3 Å². The van der Waals surface area contributed by atoms with Crippen LogP contribution in [-0.4, -0.2) is 59.3 Å². The van der Waals surface area contributed by atoms with Gasteiger partial charge in [0.2, 0.25) is 5.91 Å². The summed E-state index contributed by atoms with van der Waals surface area (Å²) >= 11 is 0. The zero-order valence-electron chi connectivity index (χ0n) is 21.1. The molecule has 0 heterocycles. The molecule has 0 aromatic carbocycles. The highest BCUT2D eigenvalue weighted by atomic mass is 33.1. The molecule has 0 aliphatic carbocycles. The topological polar surface area (TPSA) is 98.7 Å². The number of rotatable bonds is 22. The number of nitrogens with one attached hydrogen (secondary N) is 2. The van der Waals surface area contributed by atoms with Crippen molar-refractivity contribution in [3.05, 3.63) is 60.8 Å². The fourth-order valence-corrected chi connectivity index (χ4v) is 4.42. The van der Waals surface area contributed by atoms with Crippen LogP contribution in [0, 0.1) is 0 Å². The number of aliphatic hydroxyl groups excluding tert-OH is 2. The molecule has 0 bridgehead atoms. The number of hydrogen-bond donors (Lipinski definition) is 4. The van der Waals surface area contributed by atoms with Gasteiger partial charge in [-0.15, -0.1) is 0 Å². The molecule has 1 atom stereocenters. The lowest BCUT2D eigenvalue weighted by Gasteiger charge is -2.08. The molecule has 2 amide bonds. The van der Waals surface area contributed by atoms with Gasteiger partial charge >= 0.3 is 0 Å². The minimum absolute atomic E-state index is 0.0770. The average Bonchev–Trinajstić information content (AvgIpc) is 2.86. The monoisotopic (exact) mass is 524 g/mol. The van der Waals surface area contributed by atoms with Crippen LogP contribution in [0.1, 0.15) is 58.3 Å². The van der Waals surface area contributed by atoms with Crippen molar-refractivity contribution in [1.82, 2.24) is 10.6 Å². The number of allylic oxidation sites excluding steroid dienone is 10. The molecule has 0 saturated carbocycles. The lowest BCUT2D eigenvalue weighted by molar-refractivity contribution is -0.131. The molecule has 1 unspecified atom stereocenters. The summed E-state index contributed by atoms with van der Waals surface area (Å²) in [6, 6.07) is 0. The second kappa shape index (κ2) is 26.9. The zero-order valence-corrected chi connectivity index (χ0v) is 22.7. The van der Waals surface area contributed by atoms with E-state index in [1.54, 1.807) is 21.6 Å². The van der Waals surface area contributed by atoms with Gasteiger partial charge < -0.3 is 20.8 Å². The highest BCUT2D eigenvalue weighted by Gasteiger charge is 2.11.